The first kappa shape index (κ1) is 12.4. The molecule has 4 atom stereocenters. The highest BCUT2D eigenvalue weighted by atomic mass is 16.5. The average Bonchev–Trinajstić information content (AvgIpc) is 2.88. The molecule has 4 heteroatoms. The van der Waals surface area contributed by atoms with Crippen molar-refractivity contribution in [2.24, 2.45) is 23.7 Å². The maximum Gasteiger partial charge on any atom is 0.305 e. The molecule has 0 radical (unpaired) electrons. The average molecular weight is 240 g/mol. The minimum absolute atomic E-state index is 0.0322. The summed E-state index contributed by atoms with van der Waals surface area (Å²) in [4.78, 5) is 22.2. The second-order valence-electron chi connectivity index (χ2n) is 5.48. The minimum atomic E-state index is -0.804. The highest BCUT2D eigenvalue weighted by Crippen LogP contribution is 2.52. The number of fused-ring (bicyclic) bond motifs is 2. The molecule has 2 rings (SSSR count). The Bertz CT molecular complexity index is 313. The lowest BCUT2D eigenvalue weighted by Crippen LogP contribution is -2.26. The number of ether oxygens (including phenoxy) is 1. The Morgan fingerprint density at radius 3 is 2.53 bits per heavy atom. The third kappa shape index (κ3) is 2.79. The van der Waals surface area contributed by atoms with Gasteiger partial charge in [-0.2, -0.15) is 0 Å². The van der Waals surface area contributed by atoms with Gasteiger partial charge in [0.05, 0.1) is 7.11 Å². The molecular formula is C13H20O4. The van der Waals surface area contributed by atoms with Crippen molar-refractivity contribution in [3.63, 3.8) is 0 Å². The van der Waals surface area contributed by atoms with Crippen molar-refractivity contribution in [1.29, 1.82) is 0 Å². The summed E-state index contributed by atoms with van der Waals surface area (Å²) in [5.74, 6) is 0.729. The monoisotopic (exact) mass is 240 g/mol. The molecule has 0 aromatic carbocycles. The molecular weight excluding hydrogens is 220 g/mol. The lowest BCUT2D eigenvalue weighted by molar-refractivity contribution is -0.144. The van der Waals surface area contributed by atoms with Gasteiger partial charge >= 0.3 is 11.9 Å². The summed E-state index contributed by atoms with van der Waals surface area (Å²) in [6.07, 6.45) is 5.22. The van der Waals surface area contributed by atoms with E-state index in [1.807, 2.05) is 0 Å². The van der Waals surface area contributed by atoms with E-state index in [1.165, 1.54) is 26.4 Å². The Kier molecular flexibility index (Phi) is 3.69. The summed E-state index contributed by atoms with van der Waals surface area (Å²) in [5.41, 5.74) is 0. The highest BCUT2D eigenvalue weighted by molar-refractivity contribution is 5.72. The fourth-order valence-electron chi connectivity index (χ4n) is 3.77. The molecule has 0 amide bonds. The standard InChI is InChI=1S/C13H20O4/c1-17-13(16)7-10(6-12(14)15)11-5-8-2-3-9(11)4-8/h8-11H,2-7H2,1H3,(H,14,15). The third-order valence-electron chi connectivity index (χ3n) is 4.49. The van der Waals surface area contributed by atoms with Crippen LogP contribution in [0.15, 0.2) is 0 Å². The van der Waals surface area contributed by atoms with Crippen molar-refractivity contribution in [2.75, 3.05) is 7.11 Å². The third-order valence-corrected chi connectivity index (χ3v) is 4.49. The van der Waals surface area contributed by atoms with Gasteiger partial charge in [-0.1, -0.05) is 6.42 Å². The van der Waals surface area contributed by atoms with Crippen molar-refractivity contribution in [1.82, 2.24) is 0 Å². The Labute approximate surface area is 101 Å². The molecule has 1 N–H and O–H groups in total. The first-order valence-electron chi connectivity index (χ1n) is 6.38. The number of carbonyl (C=O) groups is 2. The summed E-state index contributed by atoms with van der Waals surface area (Å²) >= 11 is 0. The highest BCUT2D eigenvalue weighted by Gasteiger charge is 2.43. The van der Waals surface area contributed by atoms with Gasteiger partial charge in [0.25, 0.3) is 0 Å². The number of methoxy groups -OCH3 is 1. The zero-order chi connectivity index (χ0) is 12.4. The Hall–Kier alpha value is -1.06. The lowest BCUT2D eigenvalue weighted by Gasteiger charge is -2.28. The molecule has 2 bridgehead atoms. The molecule has 0 spiro atoms. The van der Waals surface area contributed by atoms with Crippen molar-refractivity contribution < 1.29 is 19.4 Å². The van der Waals surface area contributed by atoms with E-state index in [-0.39, 0.29) is 24.7 Å². The van der Waals surface area contributed by atoms with Gasteiger partial charge in [0.15, 0.2) is 0 Å². The number of aliphatic carboxylic acids is 1. The maximum absolute atomic E-state index is 11.4. The van der Waals surface area contributed by atoms with Gasteiger partial charge in [0.2, 0.25) is 0 Å². The zero-order valence-corrected chi connectivity index (χ0v) is 10.2. The zero-order valence-electron chi connectivity index (χ0n) is 10.2. The largest absolute Gasteiger partial charge is 0.481 e. The molecule has 4 unspecified atom stereocenters. The second-order valence-corrected chi connectivity index (χ2v) is 5.48. The normalized spacial score (nSPS) is 32.4. The van der Waals surface area contributed by atoms with Gasteiger partial charge in [0, 0.05) is 12.8 Å². The fraction of sp³-hybridized carbons (Fsp3) is 0.846. The number of carboxylic acid groups (broad SMARTS) is 1. The first-order valence-corrected chi connectivity index (χ1v) is 6.38. The SMILES string of the molecule is COC(=O)CC(CC(=O)O)C1CC2CCC1C2. The predicted octanol–water partition coefficient (Wildman–Crippen LogP) is 2.08. The smallest absolute Gasteiger partial charge is 0.305 e. The molecule has 2 saturated carbocycles. The van der Waals surface area contributed by atoms with Crippen molar-refractivity contribution in [3.8, 4) is 0 Å². The van der Waals surface area contributed by atoms with Crippen LogP contribution in [0.2, 0.25) is 0 Å². The molecule has 2 fully saturated rings. The number of esters is 1. The van der Waals surface area contributed by atoms with Crippen LogP contribution >= 0.6 is 0 Å². The van der Waals surface area contributed by atoms with E-state index in [4.69, 9.17) is 5.11 Å². The van der Waals surface area contributed by atoms with Crippen LogP contribution < -0.4 is 0 Å². The van der Waals surface area contributed by atoms with Gasteiger partial charge in [-0.3, -0.25) is 9.59 Å². The van der Waals surface area contributed by atoms with Gasteiger partial charge in [-0.15, -0.1) is 0 Å². The lowest BCUT2D eigenvalue weighted by atomic mass is 9.76. The van der Waals surface area contributed by atoms with Crippen LogP contribution in [0.3, 0.4) is 0 Å². The van der Waals surface area contributed by atoms with Crippen LogP contribution in [0.5, 0.6) is 0 Å². The number of hydrogen-bond donors (Lipinski definition) is 1. The summed E-state index contributed by atoms with van der Waals surface area (Å²) in [6, 6.07) is 0. The second kappa shape index (κ2) is 5.07. The molecule has 96 valence electrons. The summed E-state index contributed by atoms with van der Waals surface area (Å²) in [7, 11) is 1.36. The van der Waals surface area contributed by atoms with Crippen LogP contribution in [0.25, 0.3) is 0 Å². The van der Waals surface area contributed by atoms with Gasteiger partial charge in [0.1, 0.15) is 0 Å². The fourth-order valence-corrected chi connectivity index (χ4v) is 3.77. The van der Waals surface area contributed by atoms with Crippen molar-refractivity contribution >= 4 is 11.9 Å². The number of carbonyl (C=O) groups excluding carboxylic acids is 1. The summed E-state index contributed by atoms with van der Waals surface area (Å²) in [5, 5.41) is 8.95. The van der Waals surface area contributed by atoms with Crippen LogP contribution in [-0.2, 0) is 14.3 Å². The van der Waals surface area contributed by atoms with E-state index < -0.39 is 5.97 Å². The Morgan fingerprint density at radius 1 is 1.29 bits per heavy atom. The van der Waals surface area contributed by atoms with E-state index in [9.17, 15) is 9.59 Å². The molecule has 0 aromatic heterocycles. The number of rotatable bonds is 5. The van der Waals surface area contributed by atoms with E-state index in [1.54, 1.807) is 0 Å². The van der Waals surface area contributed by atoms with Gasteiger partial charge in [-0.05, 0) is 42.9 Å². The minimum Gasteiger partial charge on any atom is -0.481 e. The van der Waals surface area contributed by atoms with Crippen molar-refractivity contribution in [2.45, 2.75) is 38.5 Å². The molecule has 4 nitrogen and oxygen atoms in total. The first-order chi connectivity index (χ1) is 8.10. The summed E-state index contributed by atoms with van der Waals surface area (Å²) in [6.45, 7) is 0. The van der Waals surface area contributed by atoms with Gasteiger partial charge in [-0.25, -0.2) is 0 Å². The van der Waals surface area contributed by atoms with Crippen molar-refractivity contribution in [3.05, 3.63) is 0 Å². The van der Waals surface area contributed by atoms with Crippen LogP contribution in [0, 0.1) is 23.7 Å². The summed E-state index contributed by atoms with van der Waals surface area (Å²) < 4.78 is 4.67. The molecule has 2 aliphatic rings. The molecule has 2 aliphatic carbocycles. The Morgan fingerprint density at radius 2 is 2.06 bits per heavy atom. The molecule has 0 aromatic rings. The molecule has 0 saturated heterocycles. The van der Waals surface area contributed by atoms with E-state index in [0.717, 1.165) is 12.3 Å². The molecule has 17 heavy (non-hydrogen) atoms. The number of hydrogen-bond acceptors (Lipinski definition) is 3. The van der Waals surface area contributed by atoms with Crippen LogP contribution in [-0.4, -0.2) is 24.2 Å². The van der Waals surface area contributed by atoms with E-state index >= 15 is 0 Å². The maximum atomic E-state index is 11.4. The van der Waals surface area contributed by atoms with Crippen LogP contribution in [0.1, 0.15) is 38.5 Å². The predicted molar refractivity (Wildman–Crippen MR) is 61.3 cm³/mol. The van der Waals surface area contributed by atoms with E-state index in [0.29, 0.717) is 11.8 Å². The van der Waals surface area contributed by atoms with Crippen LogP contribution in [0.4, 0.5) is 0 Å². The topological polar surface area (TPSA) is 63.6 Å². The van der Waals surface area contributed by atoms with E-state index in [2.05, 4.69) is 4.74 Å². The number of carboxylic acids is 1. The van der Waals surface area contributed by atoms with Gasteiger partial charge < -0.3 is 9.84 Å². The quantitative estimate of drug-likeness (QED) is 0.747. The molecule has 0 heterocycles. The molecule has 0 aliphatic heterocycles. The Balaban J connectivity index is 1.99.